The van der Waals surface area contributed by atoms with Crippen LogP contribution in [0.3, 0.4) is 0 Å². The highest BCUT2D eigenvalue weighted by Crippen LogP contribution is 2.34. The predicted octanol–water partition coefficient (Wildman–Crippen LogP) is 3.48. The zero-order valence-electron chi connectivity index (χ0n) is 15.4. The largest absolute Gasteiger partial charge is 0.416 e. The molecule has 0 saturated carbocycles. The molecule has 0 aliphatic rings. The summed E-state index contributed by atoms with van der Waals surface area (Å²) in [6.07, 6.45) is -3.86. The quantitative estimate of drug-likeness (QED) is 0.647. The van der Waals surface area contributed by atoms with Crippen molar-refractivity contribution in [3.8, 4) is 0 Å². The van der Waals surface area contributed by atoms with E-state index in [4.69, 9.17) is 0 Å². The Hall–Kier alpha value is -2.82. The molecule has 0 aliphatic heterocycles. The molecule has 0 bridgehead atoms. The van der Waals surface area contributed by atoms with Crippen molar-refractivity contribution >= 4 is 33.1 Å². The van der Waals surface area contributed by atoms with Crippen molar-refractivity contribution in [2.24, 2.45) is 0 Å². The molecule has 2 rings (SSSR count). The molecule has 0 fully saturated rings. The van der Waals surface area contributed by atoms with E-state index in [1.54, 1.807) is 6.92 Å². The van der Waals surface area contributed by atoms with Crippen molar-refractivity contribution in [3.63, 3.8) is 0 Å². The number of benzene rings is 1. The maximum Gasteiger partial charge on any atom is 0.416 e. The normalized spacial score (nSPS) is 12.0. The van der Waals surface area contributed by atoms with E-state index in [1.807, 2.05) is 0 Å². The second-order valence-corrected chi connectivity index (χ2v) is 8.02. The number of amides is 1. The van der Waals surface area contributed by atoms with Crippen LogP contribution in [0.5, 0.6) is 0 Å². The van der Waals surface area contributed by atoms with Crippen molar-refractivity contribution in [2.45, 2.75) is 26.9 Å². The molecule has 0 aliphatic carbocycles. The lowest BCUT2D eigenvalue weighted by Gasteiger charge is -2.15. The minimum absolute atomic E-state index is 0.00887. The van der Waals surface area contributed by atoms with Gasteiger partial charge in [-0.2, -0.15) is 13.2 Å². The fraction of sp³-hybridized carbons (Fsp3) is 0.294. The average Bonchev–Trinajstić information content (AvgIpc) is 2.81. The third-order valence-corrected chi connectivity index (χ3v) is 4.50. The number of halogens is 3. The number of H-pyrrole nitrogens is 1. The summed E-state index contributed by atoms with van der Waals surface area (Å²) < 4.78 is 64.1. The van der Waals surface area contributed by atoms with Crippen molar-refractivity contribution in [3.05, 3.63) is 46.3 Å². The Morgan fingerprint density at radius 1 is 1.11 bits per heavy atom. The maximum atomic E-state index is 13.0. The lowest BCUT2D eigenvalue weighted by molar-refractivity contribution is -0.137. The third kappa shape index (κ3) is 4.71. The maximum absolute atomic E-state index is 13.0. The Morgan fingerprint density at radius 2 is 1.71 bits per heavy atom. The molecule has 0 radical (unpaired) electrons. The number of hydrogen-bond donors (Lipinski definition) is 3. The Balaban J connectivity index is 2.50. The fourth-order valence-corrected chi connectivity index (χ4v) is 3.38. The second kappa shape index (κ2) is 7.30. The number of carbonyl (C=O) groups excluding carboxylic acids is 2. The van der Waals surface area contributed by atoms with E-state index >= 15 is 0 Å². The van der Waals surface area contributed by atoms with Gasteiger partial charge in [0.05, 0.1) is 23.2 Å². The van der Waals surface area contributed by atoms with E-state index in [0.29, 0.717) is 29.0 Å². The number of aromatic amines is 1. The highest BCUT2D eigenvalue weighted by Gasteiger charge is 2.31. The van der Waals surface area contributed by atoms with Gasteiger partial charge in [-0.1, -0.05) is 0 Å². The van der Waals surface area contributed by atoms with Crippen molar-refractivity contribution < 1.29 is 31.2 Å². The van der Waals surface area contributed by atoms with Crippen LogP contribution in [0.15, 0.2) is 18.2 Å². The van der Waals surface area contributed by atoms with Crippen LogP contribution in [0, 0.1) is 13.8 Å². The van der Waals surface area contributed by atoms with Gasteiger partial charge in [-0.15, -0.1) is 0 Å². The number of anilines is 2. The smallest absolute Gasteiger partial charge is 0.354 e. The van der Waals surface area contributed by atoms with Crippen LogP contribution in [0.1, 0.15) is 44.6 Å². The fourth-order valence-electron chi connectivity index (χ4n) is 2.80. The summed E-state index contributed by atoms with van der Waals surface area (Å²) in [5.74, 6) is -1.09. The number of rotatable bonds is 5. The number of Topliss-reactive ketones (excluding diaryl/α,β-unsaturated/α-hetero) is 1. The molecule has 1 aromatic heterocycles. The molecule has 7 nitrogen and oxygen atoms in total. The van der Waals surface area contributed by atoms with Crippen LogP contribution >= 0.6 is 0 Å². The molecule has 0 atom stereocenters. The molecule has 3 N–H and O–H groups in total. The second-order valence-electron chi connectivity index (χ2n) is 6.27. The minimum Gasteiger partial charge on any atom is -0.354 e. The zero-order valence-corrected chi connectivity index (χ0v) is 16.2. The van der Waals surface area contributed by atoms with E-state index in [1.165, 1.54) is 13.8 Å². The number of nitrogens with one attached hydrogen (secondary N) is 3. The monoisotopic (exact) mass is 417 g/mol. The van der Waals surface area contributed by atoms with Gasteiger partial charge in [0.1, 0.15) is 5.69 Å². The minimum atomic E-state index is -4.69. The van der Waals surface area contributed by atoms with Gasteiger partial charge in [-0.25, -0.2) is 8.42 Å². The van der Waals surface area contributed by atoms with Crippen LogP contribution in [0.2, 0.25) is 0 Å². The van der Waals surface area contributed by atoms with E-state index in [9.17, 15) is 31.2 Å². The van der Waals surface area contributed by atoms with E-state index in [2.05, 4.69) is 15.0 Å². The Bertz CT molecular complexity index is 1060. The molecule has 28 heavy (non-hydrogen) atoms. The molecular weight excluding hydrogens is 399 g/mol. The first-order valence-electron chi connectivity index (χ1n) is 7.91. The first-order chi connectivity index (χ1) is 12.7. The molecule has 1 heterocycles. The van der Waals surface area contributed by atoms with Gasteiger partial charge in [-0.3, -0.25) is 14.3 Å². The van der Waals surface area contributed by atoms with Crippen molar-refractivity contribution in [1.82, 2.24) is 4.98 Å². The summed E-state index contributed by atoms with van der Waals surface area (Å²) in [6.45, 7) is 4.43. The van der Waals surface area contributed by atoms with Gasteiger partial charge in [0.15, 0.2) is 5.78 Å². The Morgan fingerprint density at radius 3 is 2.18 bits per heavy atom. The molecular formula is C17H18F3N3O4S. The molecule has 1 amide bonds. The van der Waals surface area contributed by atoms with Gasteiger partial charge in [0.25, 0.3) is 5.91 Å². The molecule has 0 unspecified atom stereocenters. The number of aromatic nitrogens is 1. The summed E-state index contributed by atoms with van der Waals surface area (Å²) in [4.78, 5) is 27.0. The van der Waals surface area contributed by atoms with Crippen molar-refractivity contribution in [1.29, 1.82) is 0 Å². The summed E-state index contributed by atoms with van der Waals surface area (Å²) in [5.41, 5.74) is -0.585. The number of carbonyl (C=O) groups is 2. The summed E-state index contributed by atoms with van der Waals surface area (Å²) in [6, 6.07) is 2.23. The standard InChI is InChI=1S/C17H18F3N3O4S/c1-8-14(10(3)24)9(2)21-15(8)16(25)22-13-7-11(17(18,19)20)5-6-12(13)23-28(4,26)27/h5-7,21,23H,1-4H3,(H,22,25). The van der Waals surface area contributed by atoms with Crippen LogP contribution < -0.4 is 10.0 Å². The van der Waals surface area contributed by atoms with E-state index in [0.717, 1.165) is 12.3 Å². The summed E-state index contributed by atoms with van der Waals surface area (Å²) in [7, 11) is -3.81. The summed E-state index contributed by atoms with van der Waals surface area (Å²) >= 11 is 0. The first kappa shape index (κ1) is 21.5. The SMILES string of the molecule is CC(=O)c1c(C)[nH]c(C(=O)Nc2cc(C(F)(F)F)ccc2NS(C)(=O)=O)c1C. The Labute approximate surface area is 159 Å². The molecule has 2 aromatic rings. The predicted molar refractivity (Wildman–Crippen MR) is 98.1 cm³/mol. The van der Waals surface area contributed by atoms with Gasteiger partial charge in [-0.05, 0) is 44.5 Å². The number of sulfonamides is 1. The van der Waals surface area contributed by atoms with E-state index < -0.39 is 27.7 Å². The molecule has 0 spiro atoms. The Kier molecular flexibility index (Phi) is 5.60. The lowest BCUT2D eigenvalue weighted by Crippen LogP contribution is -2.18. The number of ketones is 1. The summed E-state index contributed by atoms with van der Waals surface area (Å²) in [5, 5.41) is 2.27. The first-order valence-corrected chi connectivity index (χ1v) is 9.80. The van der Waals surface area contributed by atoms with Crippen LogP contribution in [0.25, 0.3) is 0 Å². The molecule has 152 valence electrons. The lowest BCUT2D eigenvalue weighted by atomic mass is 10.1. The van der Waals surface area contributed by atoms with Gasteiger partial charge >= 0.3 is 6.18 Å². The zero-order chi connectivity index (χ0) is 21.4. The number of alkyl halides is 3. The third-order valence-electron chi connectivity index (χ3n) is 3.91. The number of aryl methyl sites for hydroxylation is 1. The van der Waals surface area contributed by atoms with Gasteiger partial charge in [0, 0.05) is 11.3 Å². The van der Waals surface area contributed by atoms with Crippen molar-refractivity contribution in [2.75, 3.05) is 16.3 Å². The molecule has 11 heteroatoms. The molecule has 1 aromatic carbocycles. The van der Waals surface area contributed by atoms with Crippen LogP contribution in [-0.4, -0.2) is 31.3 Å². The number of hydrogen-bond acceptors (Lipinski definition) is 4. The topological polar surface area (TPSA) is 108 Å². The molecule has 0 saturated heterocycles. The van der Waals surface area contributed by atoms with E-state index in [-0.39, 0.29) is 22.9 Å². The highest BCUT2D eigenvalue weighted by atomic mass is 32.2. The van der Waals surface area contributed by atoms with Gasteiger partial charge < -0.3 is 10.3 Å². The average molecular weight is 417 g/mol. The van der Waals surface area contributed by atoms with Crippen LogP contribution in [-0.2, 0) is 16.2 Å². The highest BCUT2D eigenvalue weighted by molar-refractivity contribution is 7.92. The van der Waals surface area contributed by atoms with Crippen LogP contribution in [0.4, 0.5) is 24.5 Å². The van der Waals surface area contributed by atoms with Gasteiger partial charge in [0.2, 0.25) is 10.0 Å².